The Morgan fingerprint density at radius 1 is 1.17 bits per heavy atom. The minimum atomic E-state index is 0.189. The number of benzene rings is 1. The third-order valence-corrected chi connectivity index (χ3v) is 3.70. The molecule has 0 spiro atoms. The Hall–Kier alpha value is -2.89. The summed E-state index contributed by atoms with van der Waals surface area (Å²) in [5.74, 6) is 0. The van der Waals surface area contributed by atoms with E-state index in [-0.39, 0.29) is 6.01 Å². The zero-order chi connectivity index (χ0) is 16.9. The Balaban J connectivity index is 0.000000383. The highest BCUT2D eigenvalue weighted by Crippen LogP contribution is 2.20. The molecule has 3 heterocycles. The first-order valence-electron chi connectivity index (χ1n) is 8.13. The van der Waals surface area contributed by atoms with Crippen LogP contribution in [0.25, 0.3) is 16.7 Å². The summed E-state index contributed by atoms with van der Waals surface area (Å²) >= 11 is 0. The number of aromatic nitrogens is 4. The molecule has 6 nitrogen and oxygen atoms in total. The van der Waals surface area contributed by atoms with Crippen molar-refractivity contribution in [2.24, 2.45) is 0 Å². The Kier molecular flexibility index (Phi) is 4.74. The fraction of sp³-hybridized carbons (Fsp3) is 0.278. The van der Waals surface area contributed by atoms with Gasteiger partial charge < -0.3 is 10.2 Å². The van der Waals surface area contributed by atoms with E-state index >= 15 is 0 Å². The van der Waals surface area contributed by atoms with Crippen molar-refractivity contribution in [1.82, 2.24) is 19.6 Å². The molecule has 0 aliphatic carbocycles. The van der Waals surface area contributed by atoms with Gasteiger partial charge in [-0.2, -0.15) is 10.1 Å². The summed E-state index contributed by atoms with van der Waals surface area (Å²) in [6, 6.07) is 9.84. The van der Waals surface area contributed by atoms with Crippen LogP contribution < -0.4 is 5.73 Å². The third-order valence-electron chi connectivity index (χ3n) is 3.70. The van der Waals surface area contributed by atoms with Crippen molar-refractivity contribution in [3.05, 3.63) is 54.0 Å². The van der Waals surface area contributed by atoms with E-state index < -0.39 is 0 Å². The number of hydrogen-bond acceptors (Lipinski definition) is 5. The van der Waals surface area contributed by atoms with Gasteiger partial charge >= 0.3 is 0 Å². The molecular formula is C18H21N5O. The summed E-state index contributed by atoms with van der Waals surface area (Å²) in [6.07, 6.45) is 6.94. The number of nitrogens with zero attached hydrogens (tertiary/aromatic N) is 4. The number of nitrogens with two attached hydrogens (primary N) is 1. The van der Waals surface area contributed by atoms with E-state index in [4.69, 9.17) is 10.2 Å². The number of nitrogen functional groups attached to an aromatic ring is 1. The highest BCUT2D eigenvalue weighted by molar-refractivity contribution is 5.75. The predicted molar refractivity (Wildman–Crippen MR) is 94.8 cm³/mol. The average molecular weight is 323 g/mol. The molecule has 6 heteroatoms. The summed E-state index contributed by atoms with van der Waals surface area (Å²) in [7, 11) is 0. The van der Waals surface area contributed by atoms with Gasteiger partial charge in [0.05, 0.1) is 11.9 Å². The minimum Gasteiger partial charge on any atom is -0.424 e. The van der Waals surface area contributed by atoms with Gasteiger partial charge in [0.2, 0.25) is 0 Å². The molecule has 4 rings (SSSR count). The Morgan fingerprint density at radius 3 is 2.79 bits per heavy atom. The van der Waals surface area contributed by atoms with Crippen LogP contribution in [0.4, 0.5) is 6.01 Å². The molecule has 0 amide bonds. The quantitative estimate of drug-likeness (QED) is 0.619. The number of fused-ring (bicyclic) bond motifs is 2. The van der Waals surface area contributed by atoms with Crippen LogP contribution in [-0.4, -0.2) is 19.6 Å². The lowest BCUT2D eigenvalue weighted by molar-refractivity contribution is 0.626. The van der Waals surface area contributed by atoms with Crippen LogP contribution in [-0.2, 0) is 6.42 Å². The number of oxazole rings is 1. The molecule has 4 aromatic rings. The van der Waals surface area contributed by atoms with Crippen molar-refractivity contribution in [2.45, 2.75) is 33.1 Å². The van der Waals surface area contributed by atoms with Gasteiger partial charge in [-0.1, -0.05) is 32.8 Å². The van der Waals surface area contributed by atoms with Gasteiger partial charge in [-0.3, -0.25) is 0 Å². The minimum absolute atomic E-state index is 0.189. The molecule has 1 aromatic carbocycles. The van der Waals surface area contributed by atoms with Crippen molar-refractivity contribution < 1.29 is 4.42 Å². The van der Waals surface area contributed by atoms with Crippen LogP contribution in [0.3, 0.4) is 0 Å². The van der Waals surface area contributed by atoms with Crippen LogP contribution in [0.15, 0.2) is 47.1 Å². The lowest BCUT2D eigenvalue weighted by Gasteiger charge is -2.00. The van der Waals surface area contributed by atoms with E-state index in [0.29, 0.717) is 12.0 Å². The van der Waals surface area contributed by atoms with Gasteiger partial charge in [0.1, 0.15) is 5.52 Å². The van der Waals surface area contributed by atoms with Crippen molar-refractivity contribution in [3.63, 3.8) is 0 Å². The SMILES string of the molecule is CCCC.Nc1nc2ccc(Cc3cnc4cccnn34)cc2o1. The maximum absolute atomic E-state index is 5.55. The average Bonchev–Trinajstić information content (AvgIpc) is 3.17. The molecule has 0 atom stereocenters. The number of rotatable bonds is 3. The Bertz CT molecular complexity index is 939. The zero-order valence-electron chi connectivity index (χ0n) is 13.9. The summed E-state index contributed by atoms with van der Waals surface area (Å²) in [6.45, 7) is 4.36. The predicted octanol–water partition coefficient (Wildman–Crippen LogP) is 3.85. The highest BCUT2D eigenvalue weighted by atomic mass is 16.4. The normalized spacial score (nSPS) is 10.8. The lowest BCUT2D eigenvalue weighted by Crippen LogP contribution is -1.97. The van der Waals surface area contributed by atoms with Crippen molar-refractivity contribution >= 4 is 22.8 Å². The molecule has 2 N–H and O–H groups in total. The first-order valence-corrected chi connectivity index (χ1v) is 8.13. The highest BCUT2D eigenvalue weighted by Gasteiger charge is 2.08. The maximum Gasteiger partial charge on any atom is 0.292 e. The van der Waals surface area contributed by atoms with E-state index in [0.717, 1.165) is 22.4 Å². The van der Waals surface area contributed by atoms with Gasteiger partial charge in [0.25, 0.3) is 6.01 Å². The monoisotopic (exact) mass is 323 g/mol. The second-order valence-corrected chi connectivity index (χ2v) is 5.57. The van der Waals surface area contributed by atoms with Crippen LogP contribution in [0.1, 0.15) is 37.9 Å². The maximum atomic E-state index is 5.55. The molecule has 0 bridgehead atoms. The molecule has 0 saturated carbocycles. The molecule has 0 unspecified atom stereocenters. The molecule has 3 aromatic heterocycles. The summed E-state index contributed by atoms with van der Waals surface area (Å²) in [4.78, 5) is 8.41. The smallest absolute Gasteiger partial charge is 0.292 e. The molecule has 0 saturated heterocycles. The van der Waals surface area contributed by atoms with Gasteiger partial charge in [-0.25, -0.2) is 9.50 Å². The van der Waals surface area contributed by atoms with E-state index in [1.165, 1.54) is 12.8 Å². The standard InChI is InChI=1S/C14H11N5O.C4H10/c15-14-18-11-4-3-9(7-12(11)20-14)6-10-8-16-13-2-1-5-17-19(10)13;1-3-4-2/h1-5,7-8H,6H2,(H2,15,18);3-4H2,1-2H3. The van der Waals surface area contributed by atoms with Gasteiger partial charge in [0.15, 0.2) is 11.2 Å². The molecule has 0 radical (unpaired) electrons. The molecular weight excluding hydrogens is 302 g/mol. The largest absolute Gasteiger partial charge is 0.424 e. The number of hydrogen-bond donors (Lipinski definition) is 1. The van der Waals surface area contributed by atoms with Crippen LogP contribution in [0.5, 0.6) is 0 Å². The van der Waals surface area contributed by atoms with Gasteiger partial charge in [0, 0.05) is 12.6 Å². The Morgan fingerprint density at radius 2 is 2.00 bits per heavy atom. The van der Waals surface area contributed by atoms with E-state index in [1.54, 1.807) is 6.20 Å². The number of anilines is 1. The van der Waals surface area contributed by atoms with Crippen molar-refractivity contribution in [3.8, 4) is 0 Å². The van der Waals surface area contributed by atoms with E-state index in [2.05, 4.69) is 28.9 Å². The molecule has 24 heavy (non-hydrogen) atoms. The topological polar surface area (TPSA) is 82.2 Å². The first-order chi connectivity index (χ1) is 11.7. The zero-order valence-corrected chi connectivity index (χ0v) is 13.9. The van der Waals surface area contributed by atoms with Gasteiger partial charge in [-0.15, -0.1) is 0 Å². The lowest BCUT2D eigenvalue weighted by atomic mass is 10.1. The second kappa shape index (κ2) is 7.12. The summed E-state index contributed by atoms with van der Waals surface area (Å²) in [5, 5.41) is 4.30. The fourth-order valence-corrected chi connectivity index (χ4v) is 2.30. The summed E-state index contributed by atoms with van der Waals surface area (Å²) < 4.78 is 7.18. The van der Waals surface area contributed by atoms with E-state index in [9.17, 15) is 0 Å². The summed E-state index contributed by atoms with van der Waals surface area (Å²) in [5.41, 5.74) is 9.97. The fourth-order valence-electron chi connectivity index (χ4n) is 2.30. The first kappa shape index (κ1) is 16.0. The molecule has 124 valence electrons. The number of imidazole rings is 1. The third kappa shape index (κ3) is 3.37. The van der Waals surface area contributed by atoms with Crippen LogP contribution in [0.2, 0.25) is 0 Å². The number of unbranched alkanes of at least 4 members (excludes halogenated alkanes) is 1. The Labute approximate surface area is 140 Å². The second-order valence-electron chi connectivity index (χ2n) is 5.57. The molecule has 0 aliphatic heterocycles. The van der Waals surface area contributed by atoms with Crippen LogP contribution >= 0.6 is 0 Å². The van der Waals surface area contributed by atoms with Crippen molar-refractivity contribution in [1.29, 1.82) is 0 Å². The molecule has 0 fully saturated rings. The molecule has 0 aliphatic rings. The van der Waals surface area contributed by atoms with Crippen LogP contribution in [0, 0.1) is 0 Å². The van der Waals surface area contributed by atoms with E-state index in [1.807, 2.05) is 41.0 Å². The van der Waals surface area contributed by atoms with Gasteiger partial charge in [-0.05, 0) is 29.8 Å². The van der Waals surface area contributed by atoms with Crippen molar-refractivity contribution in [2.75, 3.05) is 5.73 Å².